The maximum atomic E-state index is 11.2. The lowest BCUT2D eigenvalue weighted by molar-refractivity contribution is 0.133. The second kappa shape index (κ2) is 5.11. The van der Waals surface area contributed by atoms with Gasteiger partial charge in [-0.1, -0.05) is 5.16 Å². The molecule has 0 aromatic carbocycles. The normalized spacial score (nSPS) is 23.3. The topological polar surface area (TPSA) is 116 Å². The van der Waals surface area contributed by atoms with Crippen molar-refractivity contribution in [1.82, 2.24) is 20.0 Å². The fourth-order valence-corrected chi connectivity index (χ4v) is 3.47. The minimum Gasteiger partial charge on any atom is -0.465 e. The standard InChI is InChI=1S/C14H15N5O4/c20-13-16-12(17-23-13)8-1-4-11(15-5-8)19-9-2-3-10(19)7-18(6-9)14(21)22/h1,4-5,9-10H,2-3,6-7H2,(H,21,22)(H,16,17,20). The first-order valence-corrected chi connectivity index (χ1v) is 7.40. The number of hydrogen-bond acceptors (Lipinski definition) is 6. The summed E-state index contributed by atoms with van der Waals surface area (Å²) in [5.41, 5.74) is 0.663. The van der Waals surface area contributed by atoms with Gasteiger partial charge in [0.1, 0.15) is 5.82 Å². The lowest BCUT2D eigenvalue weighted by atomic mass is 10.2. The number of anilines is 1. The molecule has 120 valence electrons. The number of aromatic amines is 1. The Morgan fingerprint density at radius 2 is 2.04 bits per heavy atom. The summed E-state index contributed by atoms with van der Waals surface area (Å²) in [5.74, 6) is 0.553. The largest absolute Gasteiger partial charge is 0.465 e. The van der Waals surface area contributed by atoms with Gasteiger partial charge in [-0.15, -0.1) is 0 Å². The number of amides is 1. The number of nitrogens with one attached hydrogen (secondary N) is 1. The molecule has 4 rings (SSSR count). The van der Waals surface area contributed by atoms with Crippen molar-refractivity contribution in [2.24, 2.45) is 0 Å². The molecule has 2 aromatic heterocycles. The second-order valence-corrected chi connectivity index (χ2v) is 5.83. The third-order valence-corrected chi connectivity index (χ3v) is 4.48. The Balaban J connectivity index is 1.57. The highest BCUT2D eigenvalue weighted by Gasteiger charge is 2.41. The first kappa shape index (κ1) is 13.8. The summed E-state index contributed by atoms with van der Waals surface area (Å²) in [5, 5.41) is 12.8. The average Bonchev–Trinajstić information content (AvgIpc) is 3.08. The van der Waals surface area contributed by atoms with Crippen LogP contribution in [0.4, 0.5) is 10.6 Å². The zero-order valence-electron chi connectivity index (χ0n) is 12.2. The smallest absolute Gasteiger partial charge is 0.439 e. The number of rotatable bonds is 2. The molecule has 2 unspecified atom stereocenters. The second-order valence-electron chi connectivity index (χ2n) is 5.83. The van der Waals surface area contributed by atoms with Crippen molar-refractivity contribution >= 4 is 11.9 Å². The summed E-state index contributed by atoms with van der Waals surface area (Å²) in [7, 11) is 0. The van der Waals surface area contributed by atoms with Crippen LogP contribution in [-0.4, -0.2) is 56.4 Å². The number of nitrogens with zero attached hydrogens (tertiary/aromatic N) is 4. The molecular weight excluding hydrogens is 302 g/mol. The molecular formula is C14H15N5O4. The van der Waals surface area contributed by atoms with E-state index in [1.807, 2.05) is 12.1 Å². The minimum absolute atomic E-state index is 0.162. The van der Waals surface area contributed by atoms with Gasteiger partial charge in [0.05, 0.1) is 0 Å². The van der Waals surface area contributed by atoms with Gasteiger partial charge in [0.25, 0.3) is 0 Å². The van der Waals surface area contributed by atoms with Crippen molar-refractivity contribution < 1.29 is 14.4 Å². The number of carbonyl (C=O) groups is 1. The number of pyridine rings is 1. The van der Waals surface area contributed by atoms with E-state index >= 15 is 0 Å². The van der Waals surface area contributed by atoms with Crippen molar-refractivity contribution in [1.29, 1.82) is 0 Å². The molecule has 2 N–H and O–H groups in total. The number of H-pyrrole nitrogens is 1. The van der Waals surface area contributed by atoms with Crippen LogP contribution < -0.4 is 10.7 Å². The highest BCUT2D eigenvalue weighted by molar-refractivity contribution is 5.66. The molecule has 2 aromatic rings. The number of aromatic nitrogens is 3. The van der Waals surface area contributed by atoms with Crippen molar-refractivity contribution in [2.75, 3.05) is 18.0 Å². The molecule has 9 heteroatoms. The molecule has 9 nitrogen and oxygen atoms in total. The zero-order chi connectivity index (χ0) is 16.0. The summed E-state index contributed by atoms with van der Waals surface area (Å²) >= 11 is 0. The summed E-state index contributed by atoms with van der Waals surface area (Å²) in [6.07, 6.45) is 2.70. The molecule has 2 fully saturated rings. The molecule has 4 heterocycles. The van der Waals surface area contributed by atoms with Crippen molar-refractivity contribution in [2.45, 2.75) is 24.9 Å². The summed E-state index contributed by atoms with van der Waals surface area (Å²) in [4.78, 5) is 32.8. The fraction of sp³-hybridized carbons (Fsp3) is 0.429. The number of hydrogen-bond donors (Lipinski definition) is 2. The Hall–Kier alpha value is -2.84. The van der Waals surface area contributed by atoms with Gasteiger partial charge < -0.3 is 14.9 Å². The van der Waals surface area contributed by atoms with E-state index in [9.17, 15) is 9.59 Å². The SMILES string of the molecule is O=C(O)N1CC2CCC(C1)N2c1ccc(-c2noc(=O)[nH]2)cn1. The first-order valence-electron chi connectivity index (χ1n) is 7.40. The van der Waals surface area contributed by atoms with Gasteiger partial charge in [-0.25, -0.2) is 14.6 Å². The van der Waals surface area contributed by atoms with Gasteiger partial charge in [0.15, 0.2) is 5.82 Å². The maximum absolute atomic E-state index is 11.2. The van der Waals surface area contributed by atoms with E-state index in [0.717, 1.165) is 18.7 Å². The summed E-state index contributed by atoms with van der Waals surface area (Å²) in [6.45, 7) is 1.01. The minimum atomic E-state index is -0.861. The van der Waals surface area contributed by atoms with E-state index in [1.165, 1.54) is 4.90 Å². The van der Waals surface area contributed by atoms with Crippen LogP contribution in [0.1, 0.15) is 12.8 Å². The monoisotopic (exact) mass is 317 g/mol. The summed E-state index contributed by atoms with van der Waals surface area (Å²) in [6, 6.07) is 4.01. The van der Waals surface area contributed by atoms with Gasteiger partial charge in [0.2, 0.25) is 0 Å². The molecule has 2 bridgehead atoms. The Bertz CT molecular complexity index is 769. The predicted octanol–water partition coefficient (Wildman–Crippen LogP) is 0.756. The summed E-state index contributed by atoms with van der Waals surface area (Å²) < 4.78 is 4.48. The van der Waals surface area contributed by atoms with Crippen molar-refractivity contribution in [3.8, 4) is 11.4 Å². The van der Waals surface area contributed by atoms with Gasteiger partial charge in [-0.3, -0.25) is 9.51 Å². The van der Waals surface area contributed by atoms with E-state index < -0.39 is 11.8 Å². The van der Waals surface area contributed by atoms with E-state index in [-0.39, 0.29) is 12.1 Å². The Labute approximate surface area is 130 Å². The molecule has 2 aliphatic rings. The molecule has 23 heavy (non-hydrogen) atoms. The molecule has 2 atom stereocenters. The molecule has 1 amide bonds. The van der Waals surface area contributed by atoms with Gasteiger partial charge in [-0.2, -0.15) is 0 Å². The quantitative estimate of drug-likeness (QED) is 0.840. The highest BCUT2D eigenvalue weighted by atomic mass is 16.5. The van der Waals surface area contributed by atoms with E-state index in [1.54, 1.807) is 6.20 Å². The Kier molecular flexibility index (Phi) is 3.07. The highest BCUT2D eigenvalue weighted by Crippen LogP contribution is 2.34. The van der Waals surface area contributed by atoms with Crippen LogP contribution in [0.15, 0.2) is 27.6 Å². The Morgan fingerprint density at radius 1 is 1.30 bits per heavy atom. The van der Waals surface area contributed by atoms with Crippen molar-refractivity contribution in [3.63, 3.8) is 0 Å². The van der Waals surface area contributed by atoms with Gasteiger partial charge >= 0.3 is 11.8 Å². The van der Waals surface area contributed by atoms with Crippen molar-refractivity contribution in [3.05, 3.63) is 28.9 Å². The number of fused-ring (bicyclic) bond motifs is 2. The molecule has 0 spiro atoms. The first-order chi connectivity index (χ1) is 11.1. The van der Waals surface area contributed by atoms with Gasteiger partial charge in [0, 0.05) is 36.9 Å². The molecule has 2 aliphatic heterocycles. The van der Waals surface area contributed by atoms with Crippen LogP contribution in [0, 0.1) is 0 Å². The van der Waals surface area contributed by atoms with Crippen LogP contribution in [-0.2, 0) is 0 Å². The van der Waals surface area contributed by atoms with Crippen LogP contribution >= 0.6 is 0 Å². The fourth-order valence-electron chi connectivity index (χ4n) is 3.47. The van der Waals surface area contributed by atoms with E-state index in [2.05, 4.69) is 24.5 Å². The lowest BCUT2D eigenvalue weighted by Crippen LogP contribution is -2.55. The average molecular weight is 317 g/mol. The number of piperazine rings is 1. The molecule has 0 aliphatic carbocycles. The third-order valence-electron chi connectivity index (χ3n) is 4.48. The van der Waals surface area contributed by atoms with Crippen LogP contribution in [0.25, 0.3) is 11.4 Å². The predicted molar refractivity (Wildman–Crippen MR) is 79.2 cm³/mol. The Morgan fingerprint density at radius 3 is 2.57 bits per heavy atom. The van der Waals surface area contributed by atoms with Crippen LogP contribution in [0.3, 0.4) is 0 Å². The molecule has 0 radical (unpaired) electrons. The maximum Gasteiger partial charge on any atom is 0.439 e. The lowest BCUT2D eigenvalue weighted by Gasteiger charge is -2.40. The third kappa shape index (κ3) is 2.33. The molecule has 0 saturated carbocycles. The van der Waals surface area contributed by atoms with Gasteiger partial charge in [-0.05, 0) is 25.0 Å². The van der Waals surface area contributed by atoms with Crippen LogP contribution in [0.2, 0.25) is 0 Å². The zero-order valence-corrected chi connectivity index (χ0v) is 12.2. The number of carboxylic acid groups (broad SMARTS) is 1. The number of likely N-dealkylation sites (tertiary alicyclic amines) is 1. The van der Waals surface area contributed by atoms with E-state index in [0.29, 0.717) is 24.5 Å². The molecule has 2 saturated heterocycles. The van der Waals surface area contributed by atoms with E-state index in [4.69, 9.17) is 5.11 Å². The van der Waals surface area contributed by atoms with Crippen LogP contribution in [0.5, 0.6) is 0 Å².